The minimum Gasteiger partial charge on any atom is -0.405 e. The standard InChI is InChI=1S/C36H39N7O5Si/c1-36(2,3)49(28-17-9-5-10-18-28,29-19-11-6-12-20-29)47-24-31-30(46-25-39-42-38)22-32(48-31)43-23-27(16-13-21-37)33(41-35(43)45)40-34(44)26-14-7-4-8-15-26/h4-12,14-15,17-20,23,30-32H,21-22,24-25,37H2,1-3H3,(H,40,41,44,45)/t30-,31+,32+/m0/s1. The summed E-state index contributed by atoms with van der Waals surface area (Å²) in [5, 5.41) is 8.18. The van der Waals surface area contributed by atoms with Gasteiger partial charge in [0, 0.05) is 23.1 Å². The van der Waals surface area contributed by atoms with E-state index in [1.807, 2.05) is 36.4 Å². The quantitative estimate of drug-likeness (QED) is 0.0784. The second-order valence-corrected chi connectivity index (χ2v) is 16.7. The van der Waals surface area contributed by atoms with Crippen molar-refractivity contribution in [3.05, 3.63) is 129 Å². The van der Waals surface area contributed by atoms with Crippen LogP contribution in [0.5, 0.6) is 0 Å². The van der Waals surface area contributed by atoms with Gasteiger partial charge in [-0.25, -0.2) is 4.79 Å². The van der Waals surface area contributed by atoms with Crippen molar-refractivity contribution in [1.29, 1.82) is 0 Å². The normalized spacial score (nSPS) is 17.4. The molecular formula is C36H39N7O5Si. The molecule has 0 bridgehead atoms. The van der Waals surface area contributed by atoms with Crippen LogP contribution in [0.1, 0.15) is 49.3 Å². The molecular weight excluding hydrogens is 639 g/mol. The molecule has 1 aromatic heterocycles. The van der Waals surface area contributed by atoms with Crippen LogP contribution in [-0.2, 0) is 13.9 Å². The number of aromatic nitrogens is 2. The zero-order chi connectivity index (χ0) is 34.9. The molecule has 0 radical (unpaired) electrons. The van der Waals surface area contributed by atoms with Gasteiger partial charge in [-0.2, -0.15) is 4.98 Å². The summed E-state index contributed by atoms with van der Waals surface area (Å²) in [4.78, 5) is 33.4. The van der Waals surface area contributed by atoms with E-state index in [2.05, 4.69) is 77.2 Å². The average molecular weight is 678 g/mol. The van der Waals surface area contributed by atoms with E-state index in [1.54, 1.807) is 30.3 Å². The molecule has 0 spiro atoms. The number of nitrogens with two attached hydrogens (primary N) is 1. The monoisotopic (exact) mass is 677 g/mol. The van der Waals surface area contributed by atoms with Gasteiger partial charge in [-0.3, -0.25) is 9.36 Å². The molecule has 1 amide bonds. The van der Waals surface area contributed by atoms with E-state index in [0.29, 0.717) is 5.56 Å². The second-order valence-electron chi connectivity index (χ2n) is 12.4. The minimum atomic E-state index is -2.94. The first-order valence-electron chi connectivity index (χ1n) is 15.9. The number of hydrogen-bond donors (Lipinski definition) is 2. The fourth-order valence-electron chi connectivity index (χ4n) is 6.10. The van der Waals surface area contributed by atoms with Crippen LogP contribution in [0.15, 0.2) is 107 Å². The predicted octanol–water partition coefficient (Wildman–Crippen LogP) is 4.32. The summed E-state index contributed by atoms with van der Waals surface area (Å²) in [7, 11) is -2.94. The van der Waals surface area contributed by atoms with Crippen molar-refractivity contribution in [3.63, 3.8) is 0 Å². The number of carbonyl (C=O) groups excluding carboxylic acids is 1. The Morgan fingerprint density at radius 2 is 1.69 bits per heavy atom. The van der Waals surface area contributed by atoms with Gasteiger partial charge in [-0.05, 0) is 33.1 Å². The van der Waals surface area contributed by atoms with Crippen molar-refractivity contribution >= 4 is 30.4 Å². The molecule has 4 aromatic rings. The first kappa shape index (κ1) is 35.2. The lowest BCUT2D eigenvalue weighted by Gasteiger charge is -2.43. The Hall–Kier alpha value is -5.06. The maximum atomic E-state index is 13.5. The average Bonchev–Trinajstić information content (AvgIpc) is 3.51. The Morgan fingerprint density at radius 3 is 2.27 bits per heavy atom. The maximum absolute atomic E-state index is 13.5. The molecule has 1 fully saturated rings. The third-order valence-electron chi connectivity index (χ3n) is 8.33. The maximum Gasteiger partial charge on any atom is 0.351 e. The Labute approximate surface area is 286 Å². The molecule has 3 N–H and O–H groups in total. The molecule has 5 rings (SSSR count). The van der Waals surface area contributed by atoms with E-state index in [-0.39, 0.29) is 42.7 Å². The summed E-state index contributed by atoms with van der Waals surface area (Å²) in [6.45, 7) is 6.51. The first-order valence-corrected chi connectivity index (χ1v) is 17.8. The van der Waals surface area contributed by atoms with Gasteiger partial charge in [0.25, 0.3) is 14.2 Å². The zero-order valence-electron chi connectivity index (χ0n) is 27.7. The number of amides is 1. The molecule has 1 saturated heterocycles. The molecule has 0 aliphatic carbocycles. The highest BCUT2D eigenvalue weighted by Crippen LogP contribution is 2.38. The van der Waals surface area contributed by atoms with E-state index in [0.717, 1.165) is 10.4 Å². The van der Waals surface area contributed by atoms with Gasteiger partial charge in [0.2, 0.25) is 0 Å². The summed E-state index contributed by atoms with van der Waals surface area (Å²) in [5.41, 5.74) is 14.6. The van der Waals surface area contributed by atoms with Crippen LogP contribution < -0.4 is 27.1 Å². The zero-order valence-corrected chi connectivity index (χ0v) is 28.7. The lowest BCUT2D eigenvalue weighted by atomic mass is 10.2. The lowest BCUT2D eigenvalue weighted by molar-refractivity contribution is -0.0582. The Morgan fingerprint density at radius 1 is 1.08 bits per heavy atom. The Kier molecular flexibility index (Phi) is 11.4. The summed E-state index contributed by atoms with van der Waals surface area (Å²) in [5.74, 6) is 5.25. The van der Waals surface area contributed by atoms with Crippen molar-refractivity contribution in [1.82, 2.24) is 9.55 Å². The molecule has 3 aromatic carbocycles. The number of nitrogens with zero attached hydrogens (tertiary/aromatic N) is 5. The smallest absolute Gasteiger partial charge is 0.351 e. The van der Waals surface area contributed by atoms with Gasteiger partial charge >= 0.3 is 5.69 Å². The van der Waals surface area contributed by atoms with Gasteiger partial charge < -0.3 is 25.0 Å². The summed E-state index contributed by atoms with van der Waals surface area (Å²) < 4.78 is 20.9. The Balaban J connectivity index is 1.48. The van der Waals surface area contributed by atoms with E-state index >= 15 is 0 Å². The highest BCUT2D eigenvalue weighted by Gasteiger charge is 2.51. The number of rotatable bonds is 11. The van der Waals surface area contributed by atoms with Crippen LogP contribution in [0, 0.1) is 11.8 Å². The summed E-state index contributed by atoms with van der Waals surface area (Å²) >= 11 is 0. The van der Waals surface area contributed by atoms with Gasteiger partial charge in [0.1, 0.15) is 19.1 Å². The number of carbonyl (C=O) groups is 1. The number of anilines is 1. The fraction of sp³-hybridized carbons (Fsp3) is 0.306. The van der Waals surface area contributed by atoms with E-state index < -0.39 is 38.4 Å². The topological polar surface area (TPSA) is 166 Å². The summed E-state index contributed by atoms with van der Waals surface area (Å²) in [6, 6.07) is 29.0. The molecule has 13 heteroatoms. The largest absolute Gasteiger partial charge is 0.405 e. The van der Waals surface area contributed by atoms with E-state index in [4.69, 9.17) is 25.2 Å². The van der Waals surface area contributed by atoms with E-state index in [1.165, 1.54) is 10.8 Å². The molecule has 1 aliphatic rings. The SMILES string of the molecule is CC(C)(C)[Si](OC[C@H]1O[C@@H](n2cc(C#CCN)c(NC(=O)c3ccccc3)nc2=O)C[C@@H]1OCN=[N+]=[N-])(c1ccccc1)c1ccccc1. The van der Waals surface area contributed by atoms with Crippen LogP contribution in [0.2, 0.25) is 5.04 Å². The number of azide groups is 1. The molecule has 252 valence electrons. The molecule has 49 heavy (non-hydrogen) atoms. The highest BCUT2D eigenvalue weighted by molar-refractivity contribution is 6.99. The molecule has 12 nitrogen and oxygen atoms in total. The van der Waals surface area contributed by atoms with Crippen LogP contribution in [-0.4, -0.2) is 55.9 Å². The van der Waals surface area contributed by atoms with Gasteiger partial charge in [-0.1, -0.05) is 117 Å². The van der Waals surface area contributed by atoms with Gasteiger partial charge in [0.05, 0.1) is 24.8 Å². The van der Waals surface area contributed by atoms with Crippen LogP contribution >= 0.6 is 0 Å². The summed E-state index contributed by atoms with van der Waals surface area (Å²) in [6.07, 6.45) is -0.308. The molecule has 1 aliphatic heterocycles. The van der Waals surface area contributed by atoms with Crippen LogP contribution in [0.25, 0.3) is 10.4 Å². The van der Waals surface area contributed by atoms with Crippen molar-refractivity contribution in [2.45, 2.75) is 50.7 Å². The van der Waals surface area contributed by atoms with Crippen molar-refractivity contribution in [2.24, 2.45) is 10.8 Å². The Bertz CT molecular complexity index is 1860. The molecule has 3 atom stereocenters. The van der Waals surface area contributed by atoms with Gasteiger partial charge in [-0.15, -0.1) is 0 Å². The number of hydrogen-bond acceptors (Lipinski definition) is 8. The van der Waals surface area contributed by atoms with Gasteiger partial charge in [0.15, 0.2) is 5.82 Å². The predicted molar refractivity (Wildman–Crippen MR) is 190 cm³/mol. The first-order chi connectivity index (χ1) is 23.7. The highest BCUT2D eigenvalue weighted by atomic mass is 28.4. The molecule has 0 unspecified atom stereocenters. The van der Waals surface area contributed by atoms with Crippen molar-refractivity contribution in [2.75, 3.05) is 25.2 Å². The molecule has 0 saturated carbocycles. The lowest BCUT2D eigenvalue weighted by Crippen LogP contribution is -2.67. The molecule has 2 heterocycles. The van der Waals surface area contributed by atoms with Crippen LogP contribution in [0.4, 0.5) is 5.82 Å². The fourth-order valence-corrected chi connectivity index (χ4v) is 10.7. The van der Waals surface area contributed by atoms with Crippen molar-refractivity contribution in [3.8, 4) is 11.8 Å². The number of nitrogens with one attached hydrogen (secondary N) is 1. The number of benzene rings is 3. The van der Waals surface area contributed by atoms with Crippen LogP contribution in [0.3, 0.4) is 0 Å². The van der Waals surface area contributed by atoms with E-state index in [9.17, 15) is 9.59 Å². The third kappa shape index (κ3) is 7.98. The van der Waals surface area contributed by atoms with Crippen molar-refractivity contribution < 1.29 is 18.7 Å². The number of ether oxygens (including phenoxy) is 2. The second kappa shape index (κ2) is 15.9. The minimum absolute atomic E-state index is 0.0109. The third-order valence-corrected chi connectivity index (χ3v) is 13.3.